The maximum atomic E-state index is 6.06. The topological polar surface area (TPSA) is 47.3 Å². The summed E-state index contributed by atoms with van der Waals surface area (Å²) in [6.07, 6.45) is 0. The Kier molecular flexibility index (Phi) is 2.59. The Morgan fingerprint density at radius 3 is 2.72 bits per heavy atom. The van der Waals surface area contributed by atoms with E-state index in [1.165, 1.54) is 0 Å². The monoisotopic (exact) mass is 240 g/mol. The maximum absolute atomic E-state index is 6.06. The molecule has 0 aromatic heterocycles. The van der Waals surface area contributed by atoms with Gasteiger partial charge in [0.25, 0.3) is 0 Å². The van der Waals surface area contributed by atoms with Crippen molar-refractivity contribution in [2.75, 3.05) is 17.7 Å². The quantitative estimate of drug-likeness (QED) is 0.753. The molecule has 0 fully saturated rings. The van der Waals surface area contributed by atoms with Crippen molar-refractivity contribution in [2.24, 2.45) is 0 Å². The Balaban J connectivity index is 2.08. The molecule has 92 valence electrons. The first-order chi connectivity index (χ1) is 8.74. The van der Waals surface area contributed by atoms with E-state index in [-0.39, 0.29) is 0 Å². The molecule has 1 atom stereocenters. The molecule has 0 amide bonds. The standard InChI is InChI=1S/C15H16N2O/c1-10-9-18-15-13(16)7-12(8-14(15)17-10)11-5-3-2-4-6-11/h2-8,10,17H,9,16H2,1H3. The van der Waals surface area contributed by atoms with Gasteiger partial charge >= 0.3 is 0 Å². The predicted octanol–water partition coefficient (Wildman–Crippen LogP) is 3.13. The van der Waals surface area contributed by atoms with Crippen molar-refractivity contribution in [3.05, 3.63) is 42.5 Å². The average Bonchev–Trinajstić information content (AvgIpc) is 2.39. The first-order valence-corrected chi connectivity index (χ1v) is 6.12. The van der Waals surface area contributed by atoms with E-state index in [1.54, 1.807) is 0 Å². The highest BCUT2D eigenvalue weighted by molar-refractivity contribution is 5.80. The van der Waals surface area contributed by atoms with Gasteiger partial charge in [0, 0.05) is 0 Å². The fraction of sp³-hybridized carbons (Fsp3) is 0.200. The van der Waals surface area contributed by atoms with Crippen LogP contribution in [-0.2, 0) is 0 Å². The van der Waals surface area contributed by atoms with E-state index in [0.29, 0.717) is 18.3 Å². The number of nitrogens with two attached hydrogens (primary N) is 1. The van der Waals surface area contributed by atoms with E-state index in [2.05, 4.69) is 30.4 Å². The molecule has 1 aliphatic heterocycles. The lowest BCUT2D eigenvalue weighted by molar-refractivity contribution is 0.293. The minimum atomic E-state index is 0.308. The van der Waals surface area contributed by atoms with E-state index in [1.807, 2.05) is 24.3 Å². The van der Waals surface area contributed by atoms with Crippen LogP contribution in [0.15, 0.2) is 42.5 Å². The molecule has 0 spiro atoms. The van der Waals surface area contributed by atoms with Gasteiger partial charge < -0.3 is 15.8 Å². The van der Waals surface area contributed by atoms with Gasteiger partial charge in [0.1, 0.15) is 6.61 Å². The van der Waals surface area contributed by atoms with Gasteiger partial charge in [-0.15, -0.1) is 0 Å². The molecule has 0 bridgehead atoms. The van der Waals surface area contributed by atoms with Crippen LogP contribution in [0.5, 0.6) is 5.75 Å². The summed E-state index contributed by atoms with van der Waals surface area (Å²) in [6.45, 7) is 2.75. The number of benzene rings is 2. The second-order valence-corrected chi connectivity index (χ2v) is 4.66. The molecule has 0 saturated carbocycles. The van der Waals surface area contributed by atoms with Crippen LogP contribution in [0, 0.1) is 0 Å². The molecule has 1 unspecified atom stereocenters. The fourth-order valence-corrected chi connectivity index (χ4v) is 2.23. The predicted molar refractivity (Wildman–Crippen MR) is 74.9 cm³/mol. The average molecular weight is 240 g/mol. The SMILES string of the molecule is CC1COc2c(N)cc(-c3ccccc3)cc2N1. The van der Waals surface area contributed by atoms with E-state index < -0.39 is 0 Å². The van der Waals surface area contributed by atoms with Gasteiger partial charge in [-0.3, -0.25) is 0 Å². The van der Waals surface area contributed by atoms with Gasteiger partial charge in [-0.05, 0) is 30.2 Å². The van der Waals surface area contributed by atoms with E-state index in [4.69, 9.17) is 10.5 Å². The van der Waals surface area contributed by atoms with Crippen LogP contribution >= 0.6 is 0 Å². The molecule has 0 saturated heterocycles. The first kappa shape index (κ1) is 11.0. The van der Waals surface area contributed by atoms with Gasteiger partial charge in [-0.2, -0.15) is 0 Å². The maximum Gasteiger partial charge on any atom is 0.165 e. The van der Waals surface area contributed by atoms with Crippen molar-refractivity contribution in [2.45, 2.75) is 13.0 Å². The summed E-state index contributed by atoms with van der Waals surface area (Å²) in [5.41, 5.74) is 9.99. The van der Waals surface area contributed by atoms with Crippen molar-refractivity contribution in [1.82, 2.24) is 0 Å². The molecule has 1 aliphatic rings. The fourth-order valence-electron chi connectivity index (χ4n) is 2.23. The summed E-state index contributed by atoms with van der Waals surface area (Å²) in [5.74, 6) is 0.771. The molecule has 3 nitrogen and oxygen atoms in total. The summed E-state index contributed by atoms with van der Waals surface area (Å²) < 4.78 is 5.67. The number of fused-ring (bicyclic) bond motifs is 1. The molecule has 0 radical (unpaired) electrons. The van der Waals surface area contributed by atoms with Crippen molar-refractivity contribution in [1.29, 1.82) is 0 Å². The van der Waals surface area contributed by atoms with E-state index in [9.17, 15) is 0 Å². The number of ether oxygens (including phenoxy) is 1. The van der Waals surface area contributed by atoms with Crippen LogP contribution in [0.25, 0.3) is 11.1 Å². The summed E-state index contributed by atoms with van der Waals surface area (Å²) in [7, 11) is 0. The second-order valence-electron chi connectivity index (χ2n) is 4.66. The highest BCUT2D eigenvalue weighted by Gasteiger charge is 2.18. The van der Waals surface area contributed by atoms with Crippen LogP contribution in [0.4, 0.5) is 11.4 Å². The third-order valence-corrected chi connectivity index (χ3v) is 3.10. The van der Waals surface area contributed by atoms with E-state index >= 15 is 0 Å². The Bertz CT molecular complexity index is 566. The summed E-state index contributed by atoms with van der Waals surface area (Å²) in [5, 5.41) is 3.41. The molecule has 1 heterocycles. The molecule has 2 aromatic rings. The van der Waals surface area contributed by atoms with Crippen LogP contribution in [-0.4, -0.2) is 12.6 Å². The Morgan fingerprint density at radius 2 is 1.94 bits per heavy atom. The number of hydrogen-bond donors (Lipinski definition) is 2. The Morgan fingerprint density at radius 1 is 1.17 bits per heavy atom. The second kappa shape index (κ2) is 4.26. The van der Waals surface area contributed by atoms with Crippen molar-refractivity contribution < 1.29 is 4.74 Å². The lowest BCUT2D eigenvalue weighted by atomic mass is 10.0. The zero-order chi connectivity index (χ0) is 12.5. The zero-order valence-corrected chi connectivity index (χ0v) is 10.3. The lowest BCUT2D eigenvalue weighted by Crippen LogP contribution is -2.28. The van der Waals surface area contributed by atoms with Crippen molar-refractivity contribution in [3.8, 4) is 16.9 Å². The van der Waals surface area contributed by atoms with Gasteiger partial charge in [-0.25, -0.2) is 0 Å². The van der Waals surface area contributed by atoms with Crippen molar-refractivity contribution >= 4 is 11.4 Å². The normalized spacial score (nSPS) is 17.5. The Hall–Kier alpha value is -2.16. The third kappa shape index (κ3) is 1.88. The van der Waals surface area contributed by atoms with Crippen LogP contribution in [0.1, 0.15) is 6.92 Å². The van der Waals surface area contributed by atoms with Gasteiger partial charge in [0.2, 0.25) is 0 Å². The molecule has 18 heavy (non-hydrogen) atoms. The van der Waals surface area contributed by atoms with Gasteiger partial charge in [0.15, 0.2) is 5.75 Å². The first-order valence-electron chi connectivity index (χ1n) is 6.12. The Labute approximate surface area is 107 Å². The summed E-state index contributed by atoms with van der Waals surface area (Å²) in [6, 6.07) is 14.6. The molecule has 2 aromatic carbocycles. The molecule has 3 rings (SSSR count). The summed E-state index contributed by atoms with van der Waals surface area (Å²) >= 11 is 0. The highest BCUT2D eigenvalue weighted by Crippen LogP contribution is 2.38. The van der Waals surface area contributed by atoms with E-state index in [0.717, 1.165) is 22.6 Å². The van der Waals surface area contributed by atoms with Crippen LogP contribution < -0.4 is 15.8 Å². The lowest BCUT2D eigenvalue weighted by Gasteiger charge is -2.26. The minimum absolute atomic E-state index is 0.308. The molecule has 3 heteroatoms. The number of anilines is 2. The minimum Gasteiger partial charge on any atom is -0.487 e. The van der Waals surface area contributed by atoms with Gasteiger partial charge in [-0.1, -0.05) is 30.3 Å². The number of rotatable bonds is 1. The van der Waals surface area contributed by atoms with Crippen molar-refractivity contribution in [3.63, 3.8) is 0 Å². The molecular weight excluding hydrogens is 224 g/mol. The highest BCUT2D eigenvalue weighted by atomic mass is 16.5. The van der Waals surface area contributed by atoms with Crippen LogP contribution in [0.3, 0.4) is 0 Å². The smallest absolute Gasteiger partial charge is 0.165 e. The van der Waals surface area contributed by atoms with Gasteiger partial charge in [0.05, 0.1) is 17.4 Å². The largest absolute Gasteiger partial charge is 0.487 e. The number of nitrogen functional groups attached to an aromatic ring is 1. The zero-order valence-electron chi connectivity index (χ0n) is 10.3. The molecule has 0 aliphatic carbocycles. The number of nitrogens with one attached hydrogen (secondary N) is 1. The molecular formula is C15H16N2O. The summed E-state index contributed by atoms with van der Waals surface area (Å²) in [4.78, 5) is 0. The number of hydrogen-bond acceptors (Lipinski definition) is 3. The molecule has 3 N–H and O–H groups in total. The third-order valence-electron chi connectivity index (χ3n) is 3.10. The van der Waals surface area contributed by atoms with Crippen LogP contribution in [0.2, 0.25) is 0 Å².